The first-order valence-electron chi connectivity index (χ1n) is 16.4. The molecule has 1 amide bonds. The molecule has 50 heavy (non-hydrogen) atoms. The highest BCUT2D eigenvalue weighted by molar-refractivity contribution is 6.21. The number of phenols is 3. The van der Waals surface area contributed by atoms with E-state index in [9.17, 15) is 39.9 Å². The Balaban J connectivity index is 1.87. The number of Topliss-reactive ketones (excluding diaryl/α,β-unsaturated/α-hetero) is 1. The highest BCUT2D eigenvalue weighted by Gasteiger charge is 2.49. The van der Waals surface area contributed by atoms with E-state index in [0.717, 1.165) is 6.07 Å². The summed E-state index contributed by atoms with van der Waals surface area (Å²) in [6.45, 7) is 12.3. The number of aliphatic hydroxyl groups excluding tert-OH is 1. The number of esters is 1. The van der Waals surface area contributed by atoms with Gasteiger partial charge in [0.1, 0.15) is 23.4 Å². The van der Waals surface area contributed by atoms with Gasteiger partial charge >= 0.3 is 11.8 Å². The van der Waals surface area contributed by atoms with Crippen molar-refractivity contribution in [1.82, 2.24) is 0 Å². The maximum absolute atomic E-state index is 13.9. The van der Waals surface area contributed by atoms with Crippen LogP contribution < -0.4 is 15.2 Å². The Kier molecular flexibility index (Phi) is 11.2. The number of amides is 1. The maximum Gasteiger partial charge on any atom is 0.312 e. The largest absolute Gasteiger partial charge is 0.851 e. The van der Waals surface area contributed by atoms with Crippen molar-refractivity contribution in [1.29, 1.82) is 0 Å². The number of rotatable bonds is 2. The van der Waals surface area contributed by atoms with Gasteiger partial charge in [0, 0.05) is 55.4 Å². The molecular formula is C37H46NO12-. The number of hydrogen-bond acceptors (Lipinski definition) is 12. The first-order chi connectivity index (χ1) is 23.4. The van der Waals surface area contributed by atoms with E-state index in [2.05, 4.69) is 5.32 Å². The van der Waals surface area contributed by atoms with Gasteiger partial charge in [-0.05, 0) is 31.8 Å². The summed E-state index contributed by atoms with van der Waals surface area (Å²) in [6.07, 6.45) is 3.12. The molecule has 5 bridgehead atoms. The molecule has 0 aromatic heterocycles. The zero-order chi connectivity index (χ0) is 37.4. The number of phenolic OH excluding ortho intramolecular Hbond substituents is 3. The molecule has 13 nitrogen and oxygen atoms in total. The second-order valence-electron chi connectivity index (χ2n) is 13.4. The molecular weight excluding hydrogens is 650 g/mol. The zero-order valence-corrected chi connectivity index (χ0v) is 29.6. The minimum Gasteiger partial charge on any atom is -0.851 e. The number of allylic oxidation sites excluding steroid dienone is 2. The fourth-order valence-corrected chi connectivity index (χ4v) is 6.63. The molecule has 5 N–H and O–H groups in total. The van der Waals surface area contributed by atoms with Crippen LogP contribution >= 0.6 is 0 Å². The van der Waals surface area contributed by atoms with E-state index in [1.807, 2.05) is 0 Å². The molecule has 2 aromatic rings. The Morgan fingerprint density at radius 3 is 2.28 bits per heavy atom. The summed E-state index contributed by atoms with van der Waals surface area (Å²) < 4.78 is 23.1. The lowest BCUT2D eigenvalue weighted by Crippen LogP contribution is -2.52. The van der Waals surface area contributed by atoms with Gasteiger partial charge in [-0.15, -0.1) is 6.10 Å². The van der Waals surface area contributed by atoms with Crippen LogP contribution in [0.3, 0.4) is 0 Å². The number of nitrogens with one attached hydrogen (secondary N) is 1. The lowest BCUT2D eigenvalue weighted by atomic mass is 9.78. The summed E-state index contributed by atoms with van der Waals surface area (Å²) in [5.41, 5.74) is -0.125. The van der Waals surface area contributed by atoms with Crippen molar-refractivity contribution < 1.29 is 58.9 Å². The average Bonchev–Trinajstić information content (AvgIpc) is 3.33. The predicted octanol–water partition coefficient (Wildman–Crippen LogP) is 4.12. The second kappa shape index (κ2) is 14.7. The fourth-order valence-electron chi connectivity index (χ4n) is 6.63. The molecule has 0 spiro atoms. The van der Waals surface area contributed by atoms with Gasteiger partial charge < -0.3 is 49.8 Å². The van der Waals surface area contributed by atoms with Crippen molar-refractivity contribution in [2.75, 3.05) is 12.4 Å². The Labute approximate surface area is 290 Å². The molecule has 0 radical (unpaired) electrons. The molecule has 0 aliphatic carbocycles. The molecule has 2 aromatic carbocycles. The molecule has 3 heterocycles. The Morgan fingerprint density at radius 2 is 1.66 bits per heavy atom. The van der Waals surface area contributed by atoms with Gasteiger partial charge in [0.15, 0.2) is 5.75 Å². The maximum atomic E-state index is 13.9. The molecule has 3 aliphatic heterocycles. The topological polar surface area (TPSA) is 204 Å². The third-order valence-corrected chi connectivity index (χ3v) is 9.80. The minimum atomic E-state index is -1.99. The molecule has 5 rings (SSSR count). The van der Waals surface area contributed by atoms with Crippen LogP contribution in [0.4, 0.5) is 5.69 Å². The first kappa shape index (κ1) is 38.2. The number of aliphatic hydroxyl groups is 1. The number of methoxy groups -OCH3 is 1. The van der Waals surface area contributed by atoms with Crippen LogP contribution in [-0.4, -0.2) is 75.4 Å². The molecule has 9 unspecified atom stereocenters. The molecule has 0 saturated heterocycles. The van der Waals surface area contributed by atoms with Crippen molar-refractivity contribution in [3.05, 3.63) is 53.3 Å². The Hall–Kier alpha value is -4.59. The highest BCUT2D eigenvalue weighted by Crippen LogP contribution is 2.53. The van der Waals surface area contributed by atoms with Crippen LogP contribution in [0, 0.1) is 30.6 Å². The number of carbonyl (C=O) groups is 3. The van der Waals surface area contributed by atoms with Gasteiger partial charge in [0.2, 0.25) is 0 Å². The fraction of sp³-hybridized carbons (Fsp3) is 0.486. The van der Waals surface area contributed by atoms with E-state index in [1.54, 1.807) is 39.8 Å². The molecule has 0 saturated carbocycles. The monoisotopic (exact) mass is 696 g/mol. The van der Waals surface area contributed by atoms with Crippen LogP contribution in [0.15, 0.2) is 42.2 Å². The summed E-state index contributed by atoms with van der Waals surface area (Å²) >= 11 is 0. The Bertz CT molecular complexity index is 1760. The van der Waals surface area contributed by atoms with E-state index in [-0.39, 0.29) is 38.9 Å². The van der Waals surface area contributed by atoms with E-state index in [0.29, 0.717) is 0 Å². The van der Waals surface area contributed by atoms with E-state index in [4.69, 9.17) is 18.9 Å². The lowest BCUT2D eigenvalue weighted by Gasteiger charge is -2.44. The summed E-state index contributed by atoms with van der Waals surface area (Å²) in [7, 11) is 1.42. The third-order valence-electron chi connectivity index (χ3n) is 9.80. The van der Waals surface area contributed by atoms with Crippen molar-refractivity contribution in [3.63, 3.8) is 0 Å². The number of hydrogen-bond donors (Lipinski definition) is 5. The number of benzene rings is 2. The van der Waals surface area contributed by atoms with Gasteiger partial charge in [0.05, 0.1) is 35.1 Å². The zero-order valence-electron chi connectivity index (χ0n) is 29.6. The number of ketones is 1. The minimum absolute atomic E-state index is 0.0707. The van der Waals surface area contributed by atoms with Crippen molar-refractivity contribution in [2.45, 2.75) is 85.6 Å². The molecule has 3 aliphatic rings. The summed E-state index contributed by atoms with van der Waals surface area (Å²) in [5.74, 6) is -8.37. The number of aromatic hydroxyl groups is 3. The van der Waals surface area contributed by atoms with Crippen LogP contribution in [0.2, 0.25) is 0 Å². The molecule has 0 fully saturated rings. The van der Waals surface area contributed by atoms with Crippen molar-refractivity contribution >= 4 is 34.1 Å². The summed E-state index contributed by atoms with van der Waals surface area (Å²) in [4.78, 5) is 39.2. The third kappa shape index (κ3) is 7.03. The molecule has 272 valence electrons. The number of carbonyl (C=O) groups excluding carboxylic acids is 3. The standard InChI is InChI=1S/C37H46NO12/c1-16-11-10-12-17(2)36(46)38-23-15-24(40)26-27(32(23)44)31(43)21(6)34-28(26)35(45)37(8,50-34)48-14-13-25(47-9)18(3)33(49-22(7)39)20(5)30(42)19(4)29(16)41/h10-16,18-20,25,29-30,33,40-41,43-44H,1-9H3,(H,38,46)/q-1. The van der Waals surface area contributed by atoms with Gasteiger partial charge in [0.25, 0.3) is 11.7 Å². The van der Waals surface area contributed by atoms with Gasteiger partial charge in [-0.25, -0.2) is 0 Å². The van der Waals surface area contributed by atoms with Crippen LogP contribution in [-0.2, 0) is 23.8 Å². The average molecular weight is 697 g/mol. The van der Waals surface area contributed by atoms with E-state index in [1.165, 1.54) is 53.2 Å². The van der Waals surface area contributed by atoms with Crippen LogP contribution in [0.5, 0.6) is 23.0 Å². The van der Waals surface area contributed by atoms with Gasteiger partial charge in [-0.1, -0.05) is 45.9 Å². The highest BCUT2D eigenvalue weighted by atomic mass is 16.7. The Morgan fingerprint density at radius 1 is 1.00 bits per heavy atom. The number of fused-ring (bicyclic) bond motifs is 14. The lowest BCUT2D eigenvalue weighted by molar-refractivity contribution is -0.453. The molecule has 13 heteroatoms. The summed E-state index contributed by atoms with van der Waals surface area (Å²) in [5, 5.41) is 60.4. The van der Waals surface area contributed by atoms with Crippen molar-refractivity contribution in [2.24, 2.45) is 23.7 Å². The van der Waals surface area contributed by atoms with E-state index < -0.39 is 88.8 Å². The second-order valence-corrected chi connectivity index (χ2v) is 13.4. The van der Waals surface area contributed by atoms with Gasteiger partial charge in [-0.2, -0.15) is 0 Å². The quantitative estimate of drug-likeness (QED) is 0.171. The SMILES string of the molecule is COC1C=COC2(C)Oc3c(C)c(O)c4c(O)c(cc(O)c4c3C2=O)NC(=O)C(C)=CC=CC(C)C(O)C(C)C([O-])C(C)C(OC(C)=O)C1C. The van der Waals surface area contributed by atoms with E-state index >= 15 is 0 Å². The normalized spacial score (nSPS) is 30.9. The predicted molar refractivity (Wildman–Crippen MR) is 182 cm³/mol. The van der Waals surface area contributed by atoms with Crippen LogP contribution in [0.25, 0.3) is 10.8 Å². The summed E-state index contributed by atoms with van der Waals surface area (Å²) in [6, 6.07) is 1.06. The number of anilines is 1. The first-order valence-corrected chi connectivity index (χ1v) is 16.4. The number of ether oxygens (including phenoxy) is 4. The molecule has 9 atom stereocenters. The van der Waals surface area contributed by atoms with Crippen molar-refractivity contribution in [3.8, 4) is 23.0 Å². The smallest absolute Gasteiger partial charge is 0.312 e. The van der Waals surface area contributed by atoms with Gasteiger partial charge in [-0.3, -0.25) is 14.4 Å². The van der Waals surface area contributed by atoms with Crippen LogP contribution in [0.1, 0.15) is 64.4 Å².